The summed E-state index contributed by atoms with van der Waals surface area (Å²) in [5.41, 5.74) is 0.818. The number of rotatable bonds is 4. The zero-order valence-electron chi connectivity index (χ0n) is 12.0. The van der Waals surface area contributed by atoms with Crippen molar-refractivity contribution >= 4 is 0 Å². The van der Waals surface area contributed by atoms with Gasteiger partial charge in [-0.1, -0.05) is 32.0 Å². The van der Waals surface area contributed by atoms with Crippen LogP contribution in [0.2, 0.25) is 0 Å². The molecule has 0 bridgehead atoms. The summed E-state index contributed by atoms with van der Waals surface area (Å²) in [5, 5.41) is 3.50. The molecule has 1 fully saturated rings. The Balaban J connectivity index is 2.07. The first-order valence-electron chi connectivity index (χ1n) is 7.35. The fourth-order valence-corrected chi connectivity index (χ4v) is 2.82. The summed E-state index contributed by atoms with van der Waals surface area (Å²) >= 11 is 0. The molecule has 0 radical (unpaired) electrons. The standard InChI is InChI=1S/C16H25FN2/c1-13(2)10-15-11-18-8-5-9-19(15)12-14-6-3-4-7-16(14)17/h3-4,6-7,13,15,18H,5,8-12H2,1-2H3. The van der Waals surface area contributed by atoms with Gasteiger partial charge >= 0.3 is 0 Å². The van der Waals surface area contributed by atoms with E-state index < -0.39 is 0 Å². The van der Waals surface area contributed by atoms with E-state index in [1.54, 1.807) is 12.1 Å². The summed E-state index contributed by atoms with van der Waals surface area (Å²) in [7, 11) is 0. The first-order chi connectivity index (χ1) is 9.16. The maximum absolute atomic E-state index is 13.8. The Labute approximate surface area is 116 Å². The third kappa shape index (κ3) is 4.29. The highest BCUT2D eigenvalue weighted by Gasteiger charge is 2.22. The van der Waals surface area contributed by atoms with Crippen LogP contribution in [0, 0.1) is 11.7 Å². The summed E-state index contributed by atoms with van der Waals surface area (Å²) in [4.78, 5) is 2.44. The molecule has 3 heteroatoms. The van der Waals surface area contributed by atoms with E-state index in [2.05, 4.69) is 24.1 Å². The SMILES string of the molecule is CC(C)CC1CNCCCN1Cc1ccccc1F. The van der Waals surface area contributed by atoms with Crippen molar-refractivity contribution in [3.8, 4) is 0 Å². The molecule has 106 valence electrons. The molecule has 0 spiro atoms. The molecule has 1 saturated heterocycles. The Morgan fingerprint density at radius 2 is 2.16 bits per heavy atom. The van der Waals surface area contributed by atoms with E-state index in [0.717, 1.165) is 38.2 Å². The first kappa shape index (κ1) is 14.5. The highest BCUT2D eigenvalue weighted by molar-refractivity contribution is 5.17. The first-order valence-corrected chi connectivity index (χ1v) is 7.35. The van der Waals surface area contributed by atoms with Crippen molar-refractivity contribution in [2.45, 2.75) is 39.3 Å². The third-order valence-electron chi connectivity index (χ3n) is 3.77. The third-order valence-corrected chi connectivity index (χ3v) is 3.77. The van der Waals surface area contributed by atoms with Gasteiger partial charge in [0.15, 0.2) is 0 Å². The molecule has 1 aliphatic heterocycles. The fourth-order valence-electron chi connectivity index (χ4n) is 2.82. The molecule has 1 aromatic rings. The highest BCUT2D eigenvalue weighted by atomic mass is 19.1. The predicted octanol–water partition coefficient (Wildman–Crippen LogP) is 3.04. The molecule has 1 aromatic carbocycles. The van der Waals surface area contributed by atoms with Crippen molar-refractivity contribution in [2.75, 3.05) is 19.6 Å². The Bertz CT molecular complexity index is 392. The molecule has 19 heavy (non-hydrogen) atoms. The summed E-state index contributed by atoms with van der Waals surface area (Å²) in [6.07, 6.45) is 2.31. The highest BCUT2D eigenvalue weighted by Crippen LogP contribution is 2.18. The summed E-state index contributed by atoms with van der Waals surface area (Å²) < 4.78 is 13.8. The lowest BCUT2D eigenvalue weighted by atomic mass is 10.0. The second-order valence-electron chi connectivity index (χ2n) is 5.90. The number of benzene rings is 1. The van der Waals surface area contributed by atoms with Crippen LogP contribution < -0.4 is 5.32 Å². The fraction of sp³-hybridized carbons (Fsp3) is 0.625. The molecule has 0 aliphatic carbocycles. The van der Waals surface area contributed by atoms with Gasteiger partial charge in [0, 0.05) is 31.2 Å². The van der Waals surface area contributed by atoms with E-state index in [1.165, 1.54) is 6.42 Å². The molecule has 1 aliphatic rings. The Hall–Kier alpha value is -0.930. The van der Waals surface area contributed by atoms with Crippen LogP contribution in [0.4, 0.5) is 4.39 Å². The van der Waals surface area contributed by atoms with Gasteiger partial charge in [-0.2, -0.15) is 0 Å². The van der Waals surface area contributed by atoms with Crippen molar-refractivity contribution in [2.24, 2.45) is 5.92 Å². The van der Waals surface area contributed by atoms with E-state index in [1.807, 2.05) is 12.1 Å². The minimum absolute atomic E-state index is 0.0806. The maximum atomic E-state index is 13.8. The summed E-state index contributed by atoms with van der Waals surface area (Å²) in [5.74, 6) is 0.594. The van der Waals surface area contributed by atoms with Crippen molar-refractivity contribution < 1.29 is 4.39 Å². The van der Waals surface area contributed by atoms with Crippen molar-refractivity contribution in [1.29, 1.82) is 0 Å². The number of hydrogen-bond acceptors (Lipinski definition) is 2. The second kappa shape index (κ2) is 7.01. The van der Waals surface area contributed by atoms with Crippen molar-refractivity contribution in [1.82, 2.24) is 10.2 Å². The average molecular weight is 264 g/mol. The van der Waals surface area contributed by atoms with Gasteiger partial charge < -0.3 is 5.32 Å². The van der Waals surface area contributed by atoms with Crippen LogP contribution in [0.25, 0.3) is 0 Å². The largest absolute Gasteiger partial charge is 0.315 e. The maximum Gasteiger partial charge on any atom is 0.127 e. The van der Waals surface area contributed by atoms with Crippen molar-refractivity contribution in [3.63, 3.8) is 0 Å². The molecule has 0 saturated carbocycles. The van der Waals surface area contributed by atoms with Crippen LogP contribution in [0.5, 0.6) is 0 Å². The van der Waals surface area contributed by atoms with E-state index in [9.17, 15) is 4.39 Å². The van der Waals surface area contributed by atoms with Gasteiger partial charge in [-0.3, -0.25) is 4.90 Å². The second-order valence-corrected chi connectivity index (χ2v) is 5.90. The zero-order chi connectivity index (χ0) is 13.7. The van der Waals surface area contributed by atoms with Gasteiger partial charge in [-0.15, -0.1) is 0 Å². The van der Waals surface area contributed by atoms with E-state index in [-0.39, 0.29) is 5.82 Å². The number of nitrogens with zero attached hydrogens (tertiary/aromatic N) is 1. The Kier molecular flexibility index (Phi) is 5.34. The number of nitrogens with one attached hydrogen (secondary N) is 1. The topological polar surface area (TPSA) is 15.3 Å². The van der Waals surface area contributed by atoms with Crippen molar-refractivity contribution in [3.05, 3.63) is 35.6 Å². The van der Waals surface area contributed by atoms with Crippen LogP contribution in [-0.2, 0) is 6.54 Å². The van der Waals surface area contributed by atoms with Crippen LogP contribution in [-0.4, -0.2) is 30.6 Å². The molecular formula is C16H25FN2. The molecule has 1 atom stereocenters. The Morgan fingerprint density at radius 1 is 1.37 bits per heavy atom. The van der Waals surface area contributed by atoms with Crippen LogP contribution in [0.3, 0.4) is 0 Å². The average Bonchev–Trinajstić information content (AvgIpc) is 2.58. The molecule has 2 rings (SSSR count). The minimum Gasteiger partial charge on any atom is -0.315 e. The molecule has 1 heterocycles. The molecule has 1 unspecified atom stereocenters. The molecule has 1 N–H and O–H groups in total. The quantitative estimate of drug-likeness (QED) is 0.899. The molecule has 2 nitrogen and oxygen atoms in total. The van der Waals surface area contributed by atoms with Gasteiger partial charge in [0.25, 0.3) is 0 Å². The monoisotopic (exact) mass is 264 g/mol. The van der Waals surface area contributed by atoms with Gasteiger partial charge in [-0.05, 0) is 31.4 Å². The lowest BCUT2D eigenvalue weighted by molar-refractivity contribution is 0.175. The van der Waals surface area contributed by atoms with Crippen LogP contribution in [0.15, 0.2) is 24.3 Å². The molecule has 0 amide bonds. The van der Waals surface area contributed by atoms with Crippen LogP contribution in [0.1, 0.15) is 32.3 Å². The van der Waals surface area contributed by atoms with E-state index >= 15 is 0 Å². The van der Waals surface area contributed by atoms with E-state index in [4.69, 9.17) is 0 Å². The summed E-state index contributed by atoms with van der Waals surface area (Å²) in [6, 6.07) is 7.66. The molecule has 0 aromatic heterocycles. The lowest BCUT2D eigenvalue weighted by Gasteiger charge is -2.31. The number of hydrogen-bond donors (Lipinski definition) is 1. The smallest absolute Gasteiger partial charge is 0.127 e. The van der Waals surface area contributed by atoms with Gasteiger partial charge in [0.2, 0.25) is 0 Å². The molecular weight excluding hydrogens is 239 g/mol. The summed E-state index contributed by atoms with van der Waals surface area (Å²) in [6.45, 7) is 8.39. The zero-order valence-corrected chi connectivity index (χ0v) is 12.0. The van der Waals surface area contributed by atoms with E-state index in [0.29, 0.717) is 12.0 Å². The van der Waals surface area contributed by atoms with Gasteiger partial charge in [0.05, 0.1) is 0 Å². The lowest BCUT2D eigenvalue weighted by Crippen LogP contribution is -2.40. The van der Waals surface area contributed by atoms with Crippen LogP contribution >= 0.6 is 0 Å². The van der Waals surface area contributed by atoms with Gasteiger partial charge in [0.1, 0.15) is 5.82 Å². The normalized spacial score (nSPS) is 21.6. The van der Waals surface area contributed by atoms with Gasteiger partial charge in [-0.25, -0.2) is 4.39 Å². The number of halogens is 1. The minimum atomic E-state index is -0.0806. The predicted molar refractivity (Wildman–Crippen MR) is 77.5 cm³/mol. The Morgan fingerprint density at radius 3 is 2.89 bits per heavy atom.